The summed E-state index contributed by atoms with van der Waals surface area (Å²) in [7, 11) is -4.02. The summed E-state index contributed by atoms with van der Waals surface area (Å²) in [6, 6.07) is 17.1. The SMILES string of the molecule is CCC(OC1CCc2cc(Cl)ccc2N(C(=O)c2ccc(N)cc2C)C1)OS(=O)(=O)c1ccc(C)cc1. The minimum Gasteiger partial charge on any atom is -0.399 e. The Morgan fingerprint density at radius 3 is 2.51 bits per heavy atom. The van der Waals surface area contributed by atoms with Gasteiger partial charge in [-0.2, -0.15) is 8.42 Å². The molecule has 37 heavy (non-hydrogen) atoms. The van der Waals surface area contributed by atoms with Gasteiger partial charge in [0, 0.05) is 22.0 Å². The molecule has 196 valence electrons. The molecule has 2 atom stereocenters. The highest BCUT2D eigenvalue weighted by Crippen LogP contribution is 2.32. The van der Waals surface area contributed by atoms with E-state index in [1.807, 2.05) is 26.0 Å². The minimum absolute atomic E-state index is 0.0682. The number of amides is 1. The second-order valence-electron chi connectivity index (χ2n) is 9.26. The third-order valence-electron chi connectivity index (χ3n) is 6.40. The molecular weight excluding hydrogens is 512 g/mol. The molecule has 2 unspecified atom stereocenters. The van der Waals surface area contributed by atoms with Crippen LogP contribution in [0.25, 0.3) is 0 Å². The van der Waals surface area contributed by atoms with Crippen LogP contribution in [0.3, 0.4) is 0 Å². The largest absolute Gasteiger partial charge is 0.399 e. The molecule has 1 aliphatic rings. The van der Waals surface area contributed by atoms with E-state index in [1.54, 1.807) is 48.2 Å². The Hall–Kier alpha value is -2.91. The summed E-state index contributed by atoms with van der Waals surface area (Å²) < 4.78 is 37.4. The molecule has 7 nitrogen and oxygen atoms in total. The van der Waals surface area contributed by atoms with Gasteiger partial charge in [-0.25, -0.2) is 4.18 Å². The highest BCUT2D eigenvalue weighted by atomic mass is 35.5. The number of nitrogens with zero attached hydrogens (tertiary/aromatic N) is 1. The third kappa shape index (κ3) is 6.33. The molecule has 0 radical (unpaired) electrons. The fraction of sp³-hybridized carbons (Fsp3) is 0.321. The summed E-state index contributed by atoms with van der Waals surface area (Å²) in [5.41, 5.74) is 10.4. The molecule has 0 spiro atoms. The van der Waals surface area contributed by atoms with Crippen molar-refractivity contribution in [1.82, 2.24) is 0 Å². The van der Waals surface area contributed by atoms with Crippen LogP contribution >= 0.6 is 11.6 Å². The zero-order valence-electron chi connectivity index (χ0n) is 21.1. The zero-order valence-corrected chi connectivity index (χ0v) is 22.7. The van der Waals surface area contributed by atoms with E-state index in [4.69, 9.17) is 26.3 Å². The van der Waals surface area contributed by atoms with E-state index >= 15 is 0 Å². The molecule has 9 heteroatoms. The summed E-state index contributed by atoms with van der Waals surface area (Å²) in [5.74, 6) is -0.196. The molecule has 0 bridgehead atoms. The monoisotopic (exact) mass is 542 g/mol. The first-order valence-electron chi connectivity index (χ1n) is 12.2. The lowest BCUT2D eigenvalue weighted by atomic mass is 10.0. The van der Waals surface area contributed by atoms with Gasteiger partial charge in [0.2, 0.25) is 0 Å². The normalized spacial score (nSPS) is 16.6. The van der Waals surface area contributed by atoms with Crippen LogP contribution in [-0.2, 0) is 25.5 Å². The van der Waals surface area contributed by atoms with Gasteiger partial charge in [-0.1, -0.05) is 36.2 Å². The summed E-state index contributed by atoms with van der Waals surface area (Å²) in [6.07, 6.45) is -0.00133. The van der Waals surface area contributed by atoms with Crippen molar-refractivity contribution < 1.29 is 22.1 Å². The number of nitrogen functional groups attached to an aromatic ring is 1. The number of hydrogen-bond donors (Lipinski definition) is 1. The molecule has 2 N–H and O–H groups in total. The number of carbonyl (C=O) groups excluding carboxylic acids is 1. The van der Waals surface area contributed by atoms with Gasteiger partial charge in [0.05, 0.1) is 17.5 Å². The number of nitrogens with two attached hydrogens (primary N) is 1. The van der Waals surface area contributed by atoms with Gasteiger partial charge in [0.25, 0.3) is 16.0 Å². The molecule has 3 aromatic rings. The lowest BCUT2D eigenvalue weighted by molar-refractivity contribution is -0.115. The number of anilines is 2. The van der Waals surface area contributed by atoms with E-state index in [0.717, 1.165) is 22.4 Å². The zero-order chi connectivity index (χ0) is 26.7. The van der Waals surface area contributed by atoms with Crippen LogP contribution in [0.15, 0.2) is 65.6 Å². The fourth-order valence-electron chi connectivity index (χ4n) is 4.41. The first-order chi connectivity index (χ1) is 17.6. The van der Waals surface area contributed by atoms with Gasteiger partial charge in [-0.15, -0.1) is 0 Å². The van der Waals surface area contributed by atoms with Gasteiger partial charge in [-0.3, -0.25) is 4.79 Å². The highest BCUT2D eigenvalue weighted by molar-refractivity contribution is 7.86. The van der Waals surface area contributed by atoms with Crippen molar-refractivity contribution in [2.45, 2.75) is 57.3 Å². The minimum atomic E-state index is -4.02. The van der Waals surface area contributed by atoms with Crippen LogP contribution in [0.1, 0.15) is 46.8 Å². The van der Waals surface area contributed by atoms with Gasteiger partial charge in [0.1, 0.15) is 0 Å². The van der Waals surface area contributed by atoms with E-state index in [-0.39, 0.29) is 17.3 Å². The van der Waals surface area contributed by atoms with Gasteiger partial charge in [0.15, 0.2) is 6.29 Å². The summed E-state index contributed by atoms with van der Waals surface area (Å²) in [5, 5.41) is 0.577. The topological polar surface area (TPSA) is 98.9 Å². The molecule has 0 fully saturated rings. The Bertz CT molecular complexity index is 1390. The lowest BCUT2D eigenvalue weighted by Gasteiger charge is -2.29. The number of fused-ring (bicyclic) bond motifs is 1. The van der Waals surface area contributed by atoms with Crippen molar-refractivity contribution >= 4 is 39.0 Å². The number of halogens is 1. The van der Waals surface area contributed by atoms with Crippen molar-refractivity contribution in [2.75, 3.05) is 17.2 Å². The molecule has 0 aliphatic carbocycles. The quantitative estimate of drug-likeness (QED) is 0.235. The number of aryl methyl sites for hydroxylation is 3. The van der Waals surface area contributed by atoms with Crippen LogP contribution in [0.4, 0.5) is 11.4 Å². The Labute approximate surface area is 223 Å². The molecule has 1 heterocycles. The Kier molecular flexibility index (Phi) is 8.23. The van der Waals surface area contributed by atoms with Crippen LogP contribution in [0, 0.1) is 13.8 Å². The molecule has 0 aromatic heterocycles. The molecule has 4 rings (SSSR count). The maximum Gasteiger partial charge on any atom is 0.299 e. The molecular formula is C28H31ClN2O5S. The number of rotatable bonds is 7. The van der Waals surface area contributed by atoms with Gasteiger partial charge in [-0.05, 0) is 92.8 Å². The number of hydrogen-bond acceptors (Lipinski definition) is 6. The van der Waals surface area contributed by atoms with Gasteiger partial charge < -0.3 is 15.4 Å². The Morgan fingerprint density at radius 2 is 1.84 bits per heavy atom. The third-order valence-corrected chi connectivity index (χ3v) is 7.95. The summed E-state index contributed by atoms with van der Waals surface area (Å²) >= 11 is 6.27. The lowest BCUT2D eigenvalue weighted by Crippen LogP contribution is -2.40. The van der Waals surface area contributed by atoms with Crippen molar-refractivity contribution in [3.63, 3.8) is 0 Å². The van der Waals surface area contributed by atoms with E-state index in [2.05, 4.69) is 0 Å². The first kappa shape index (κ1) is 27.1. The molecule has 0 saturated carbocycles. The van der Waals surface area contributed by atoms with Crippen molar-refractivity contribution in [3.8, 4) is 0 Å². The molecule has 1 amide bonds. The Morgan fingerprint density at radius 1 is 1.11 bits per heavy atom. The predicted octanol–water partition coefficient (Wildman–Crippen LogP) is 5.66. The van der Waals surface area contributed by atoms with E-state index in [1.165, 1.54) is 12.1 Å². The predicted molar refractivity (Wildman–Crippen MR) is 145 cm³/mol. The standard InChI is InChI=1S/C28H31ClN2O5S/c1-4-27(36-37(33,34)24-11-5-18(2)6-12-24)35-23-10-7-20-16-21(29)8-14-26(20)31(17-23)28(32)25-13-9-22(30)15-19(25)3/h5-6,8-9,11-16,23,27H,4,7,10,17,30H2,1-3H3. The maximum absolute atomic E-state index is 13.7. The van der Waals surface area contributed by atoms with Crippen molar-refractivity contribution in [3.05, 3.63) is 87.9 Å². The summed E-state index contributed by atoms with van der Waals surface area (Å²) in [6.45, 7) is 5.74. The average molecular weight is 543 g/mol. The second-order valence-corrected chi connectivity index (χ2v) is 11.3. The van der Waals surface area contributed by atoms with Crippen molar-refractivity contribution in [2.24, 2.45) is 0 Å². The maximum atomic E-state index is 13.7. The molecule has 3 aromatic carbocycles. The smallest absolute Gasteiger partial charge is 0.299 e. The first-order valence-corrected chi connectivity index (χ1v) is 14.0. The van der Waals surface area contributed by atoms with Crippen LogP contribution < -0.4 is 10.6 Å². The fourth-order valence-corrected chi connectivity index (χ4v) is 5.65. The van der Waals surface area contributed by atoms with Gasteiger partial charge >= 0.3 is 0 Å². The van der Waals surface area contributed by atoms with E-state index in [0.29, 0.717) is 35.5 Å². The number of benzene rings is 3. The summed E-state index contributed by atoms with van der Waals surface area (Å²) in [4.78, 5) is 15.5. The molecule has 1 aliphatic heterocycles. The van der Waals surface area contributed by atoms with Crippen molar-refractivity contribution in [1.29, 1.82) is 0 Å². The number of carbonyl (C=O) groups is 1. The van der Waals surface area contributed by atoms with E-state index in [9.17, 15) is 13.2 Å². The van der Waals surface area contributed by atoms with E-state index < -0.39 is 22.5 Å². The molecule has 0 saturated heterocycles. The Balaban J connectivity index is 1.60. The highest BCUT2D eigenvalue weighted by Gasteiger charge is 2.31. The van der Waals surface area contributed by atoms with Crippen LogP contribution in [0.5, 0.6) is 0 Å². The second kappa shape index (κ2) is 11.2. The van der Waals surface area contributed by atoms with Crippen LogP contribution in [0.2, 0.25) is 5.02 Å². The van der Waals surface area contributed by atoms with Crippen LogP contribution in [-0.4, -0.2) is 33.3 Å². The average Bonchev–Trinajstić information content (AvgIpc) is 3.02. The number of ether oxygens (including phenoxy) is 1.